The average molecular weight is 600 g/mol. The summed E-state index contributed by atoms with van der Waals surface area (Å²) in [5.41, 5.74) is 1.48. The summed E-state index contributed by atoms with van der Waals surface area (Å²) in [4.78, 5) is 39.7. The van der Waals surface area contributed by atoms with Gasteiger partial charge in [0.1, 0.15) is 11.5 Å². The second-order valence-corrected chi connectivity index (χ2v) is 10.6. The van der Waals surface area contributed by atoms with Crippen LogP contribution < -0.4 is 25.4 Å². The molecule has 4 rings (SSSR count). The van der Waals surface area contributed by atoms with Crippen molar-refractivity contribution in [2.45, 2.75) is 17.1 Å². The van der Waals surface area contributed by atoms with E-state index in [1.54, 1.807) is 91.9 Å². The number of carbonyl (C=O) groups excluding carboxylic acids is 3. The van der Waals surface area contributed by atoms with Crippen LogP contribution in [0.2, 0.25) is 0 Å². The van der Waals surface area contributed by atoms with Crippen LogP contribution in [-0.4, -0.2) is 37.2 Å². The van der Waals surface area contributed by atoms with Crippen molar-refractivity contribution in [2.75, 3.05) is 24.9 Å². The van der Waals surface area contributed by atoms with E-state index in [9.17, 15) is 18.8 Å². The van der Waals surface area contributed by atoms with Gasteiger partial charge in [-0.05, 0) is 67.6 Å². The molecule has 3 amide bonds. The summed E-state index contributed by atoms with van der Waals surface area (Å²) in [6.07, 6.45) is 1.51. The van der Waals surface area contributed by atoms with E-state index in [1.165, 1.54) is 44.2 Å². The molecule has 4 aromatic rings. The summed E-state index contributed by atoms with van der Waals surface area (Å²) in [6, 6.07) is 26.6. The Kier molecular flexibility index (Phi) is 10.5. The Labute approximate surface area is 253 Å². The Hall–Kier alpha value is -5.09. The van der Waals surface area contributed by atoms with Crippen LogP contribution in [0, 0.1) is 5.82 Å². The van der Waals surface area contributed by atoms with Crippen molar-refractivity contribution < 1.29 is 28.2 Å². The maximum absolute atomic E-state index is 13.9. The first-order valence-electron chi connectivity index (χ1n) is 13.2. The fourth-order valence-corrected chi connectivity index (χ4v) is 4.86. The maximum Gasteiger partial charge on any atom is 0.272 e. The molecule has 0 heterocycles. The lowest BCUT2D eigenvalue weighted by Crippen LogP contribution is -2.30. The van der Waals surface area contributed by atoms with Crippen molar-refractivity contribution in [3.63, 3.8) is 0 Å². The van der Waals surface area contributed by atoms with Gasteiger partial charge in [0.15, 0.2) is 11.5 Å². The number of halogens is 1. The molecule has 1 unspecified atom stereocenters. The van der Waals surface area contributed by atoms with Crippen molar-refractivity contribution in [3.8, 4) is 11.5 Å². The molecule has 0 bridgehead atoms. The molecular weight excluding hydrogens is 569 g/mol. The van der Waals surface area contributed by atoms with Gasteiger partial charge in [-0.15, -0.1) is 11.8 Å². The molecular formula is C33H30FN3O5S. The molecule has 0 spiro atoms. The number of thioether (sulfide) groups is 1. The van der Waals surface area contributed by atoms with E-state index in [0.29, 0.717) is 28.3 Å². The van der Waals surface area contributed by atoms with Crippen LogP contribution in [0.3, 0.4) is 0 Å². The first-order chi connectivity index (χ1) is 20.8. The summed E-state index contributed by atoms with van der Waals surface area (Å²) in [6.45, 7) is 1.72. The molecule has 0 aromatic heterocycles. The molecule has 1 atom stereocenters. The average Bonchev–Trinajstić information content (AvgIpc) is 3.02. The van der Waals surface area contributed by atoms with Gasteiger partial charge in [-0.25, -0.2) is 4.39 Å². The molecule has 0 aliphatic carbocycles. The van der Waals surface area contributed by atoms with Crippen LogP contribution in [-0.2, 0) is 9.59 Å². The number of anilines is 2. The lowest BCUT2D eigenvalue weighted by atomic mass is 10.1. The zero-order valence-electron chi connectivity index (χ0n) is 23.7. The standard InChI is InChI=1S/C33H30FN3O5S/c1-21(31(38)36-27-14-8-7-13-26(27)34)43-25-18-16-24(17-19-25)35-33(40)28(37-32(39)22-10-5-4-6-11-22)20-23-12-9-15-29(41-2)30(23)42-3/h4-21H,1-3H3,(H,35,40)(H,36,38)(H,37,39)/b28-20-. The molecule has 0 aliphatic rings. The molecule has 8 nitrogen and oxygen atoms in total. The molecule has 4 aromatic carbocycles. The van der Waals surface area contributed by atoms with Gasteiger partial charge < -0.3 is 25.4 Å². The van der Waals surface area contributed by atoms with E-state index in [1.807, 2.05) is 0 Å². The lowest BCUT2D eigenvalue weighted by molar-refractivity contribution is -0.115. The largest absolute Gasteiger partial charge is 0.493 e. The molecule has 10 heteroatoms. The molecule has 3 N–H and O–H groups in total. The maximum atomic E-state index is 13.9. The highest BCUT2D eigenvalue weighted by molar-refractivity contribution is 8.00. The first kappa shape index (κ1) is 30.9. The van der Waals surface area contributed by atoms with Gasteiger partial charge in [0.25, 0.3) is 11.8 Å². The van der Waals surface area contributed by atoms with Crippen molar-refractivity contribution in [3.05, 3.63) is 120 Å². The smallest absolute Gasteiger partial charge is 0.272 e. The summed E-state index contributed by atoms with van der Waals surface area (Å²) in [5, 5.41) is 7.59. The number of rotatable bonds is 11. The van der Waals surface area contributed by atoms with Crippen LogP contribution in [0.4, 0.5) is 15.8 Å². The van der Waals surface area contributed by atoms with E-state index >= 15 is 0 Å². The summed E-state index contributed by atoms with van der Waals surface area (Å²) in [5.74, 6) is -1.00. The van der Waals surface area contributed by atoms with Crippen LogP contribution in [0.15, 0.2) is 108 Å². The number of hydrogen-bond donors (Lipinski definition) is 3. The van der Waals surface area contributed by atoms with E-state index in [4.69, 9.17) is 9.47 Å². The Morgan fingerprint density at radius 1 is 0.814 bits per heavy atom. The van der Waals surface area contributed by atoms with Gasteiger partial charge >= 0.3 is 0 Å². The molecule has 0 saturated heterocycles. The SMILES string of the molecule is COc1cccc(/C=C(\NC(=O)c2ccccc2)C(=O)Nc2ccc(SC(C)C(=O)Nc3ccccc3F)cc2)c1OC. The molecule has 0 fully saturated rings. The summed E-state index contributed by atoms with van der Waals surface area (Å²) >= 11 is 1.28. The predicted octanol–water partition coefficient (Wildman–Crippen LogP) is 6.37. The number of hydrogen-bond acceptors (Lipinski definition) is 6. The minimum Gasteiger partial charge on any atom is -0.493 e. The van der Waals surface area contributed by atoms with E-state index in [2.05, 4.69) is 16.0 Å². The molecule has 43 heavy (non-hydrogen) atoms. The zero-order chi connectivity index (χ0) is 30.8. The Morgan fingerprint density at radius 3 is 2.19 bits per heavy atom. The second kappa shape index (κ2) is 14.7. The topological polar surface area (TPSA) is 106 Å². The van der Waals surface area contributed by atoms with E-state index < -0.39 is 22.9 Å². The number of carbonyl (C=O) groups is 3. The van der Waals surface area contributed by atoms with E-state index in [-0.39, 0.29) is 17.3 Å². The highest BCUT2D eigenvalue weighted by atomic mass is 32.2. The Balaban J connectivity index is 1.50. The van der Waals surface area contributed by atoms with Crippen molar-refractivity contribution >= 4 is 46.9 Å². The van der Waals surface area contributed by atoms with Crippen molar-refractivity contribution in [1.82, 2.24) is 5.32 Å². The number of para-hydroxylation sites is 2. The first-order valence-corrected chi connectivity index (χ1v) is 14.1. The lowest BCUT2D eigenvalue weighted by Gasteiger charge is -2.15. The van der Waals surface area contributed by atoms with Crippen molar-refractivity contribution in [2.24, 2.45) is 0 Å². The molecule has 0 saturated carbocycles. The van der Waals surface area contributed by atoms with Gasteiger partial charge in [0.05, 0.1) is 25.2 Å². The molecule has 0 aliphatic heterocycles. The second-order valence-electron chi connectivity index (χ2n) is 9.17. The highest BCUT2D eigenvalue weighted by Crippen LogP contribution is 2.32. The quantitative estimate of drug-likeness (QED) is 0.137. The van der Waals surface area contributed by atoms with Crippen LogP contribution in [0.1, 0.15) is 22.8 Å². The number of nitrogens with one attached hydrogen (secondary N) is 3. The normalized spacial score (nSPS) is 11.7. The van der Waals surface area contributed by atoms with Gasteiger partial charge in [-0.2, -0.15) is 0 Å². The number of amides is 3. The minimum atomic E-state index is -0.563. The number of ether oxygens (including phenoxy) is 2. The monoisotopic (exact) mass is 599 g/mol. The van der Waals surface area contributed by atoms with Gasteiger partial charge in [0.2, 0.25) is 5.91 Å². The highest BCUT2D eigenvalue weighted by Gasteiger charge is 2.19. The molecule has 220 valence electrons. The Morgan fingerprint density at radius 2 is 1.51 bits per heavy atom. The van der Waals surface area contributed by atoms with Crippen LogP contribution >= 0.6 is 11.8 Å². The predicted molar refractivity (Wildman–Crippen MR) is 167 cm³/mol. The van der Waals surface area contributed by atoms with E-state index in [0.717, 1.165) is 4.90 Å². The van der Waals surface area contributed by atoms with Crippen LogP contribution in [0.5, 0.6) is 11.5 Å². The fraction of sp³-hybridized carbons (Fsp3) is 0.121. The summed E-state index contributed by atoms with van der Waals surface area (Å²) in [7, 11) is 3.00. The van der Waals surface area contributed by atoms with Gasteiger partial charge in [0, 0.05) is 21.7 Å². The third-order valence-corrected chi connectivity index (χ3v) is 7.30. The fourth-order valence-electron chi connectivity index (χ4n) is 3.99. The van der Waals surface area contributed by atoms with Gasteiger partial charge in [-0.1, -0.05) is 42.5 Å². The minimum absolute atomic E-state index is 0.0164. The third-order valence-electron chi connectivity index (χ3n) is 6.19. The van der Waals surface area contributed by atoms with Crippen LogP contribution in [0.25, 0.3) is 6.08 Å². The van der Waals surface area contributed by atoms with Crippen molar-refractivity contribution in [1.29, 1.82) is 0 Å². The third kappa shape index (κ3) is 8.23. The zero-order valence-corrected chi connectivity index (χ0v) is 24.5. The Bertz CT molecular complexity index is 1630. The summed E-state index contributed by atoms with van der Waals surface area (Å²) < 4.78 is 24.8. The number of benzene rings is 4. The molecule has 0 radical (unpaired) electrons. The van der Waals surface area contributed by atoms with Gasteiger partial charge in [-0.3, -0.25) is 14.4 Å². The number of methoxy groups -OCH3 is 2.